The van der Waals surface area contributed by atoms with Crippen LogP contribution in [0.1, 0.15) is 31.2 Å². The summed E-state index contributed by atoms with van der Waals surface area (Å²) in [5, 5.41) is 9.15. The molecule has 0 aliphatic carbocycles. The number of carbonyl (C=O) groups is 3. The van der Waals surface area contributed by atoms with E-state index in [4.69, 9.17) is 5.11 Å². The van der Waals surface area contributed by atoms with Crippen molar-refractivity contribution in [1.29, 1.82) is 0 Å². The first-order valence-corrected chi connectivity index (χ1v) is 5.77. The van der Waals surface area contributed by atoms with Gasteiger partial charge in [0.15, 0.2) is 0 Å². The van der Waals surface area contributed by atoms with Gasteiger partial charge in [-0.25, -0.2) is 9.69 Å². The van der Waals surface area contributed by atoms with Gasteiger partial charge in [-0.05, 0) is 24.3 Å². The van der Waals surface area contributed by atoms with Crippen LogP contribution in [0.25, 0.3) is 0 Å². The molecule has 1 aliphatic heterocycles. The Balaban J connectivity index is 2.17. The van der Waals surface area contributed by atoms with Crippen molar-refractivity contribution in [2.24, 2.45) is 0 Å². The number of benzene rings is 1. The molecule has 2 aromatic rings. The molecule has 0 radical (unpaired) electrons. The van der Waals surface area contributed by atoms with Crippen LogP contribution in [0.15, 0.2) is 42.6 Å². The summed E-state index contributed by atoms with van der Waals surface area (Å²) in [4.78, 5) is 40.4. The van der Waals surface area contributed by atoms with E-state index in [1.54, 1.807) is 12.1 Å². The molecule has 0 bridgehead atoms. The lowest BCUT2D eigenvalue weighted by atomic mass is 10.1. The standard InChI is InChI=1S/C14H8N2O4/c17-12-9-5-3-7-15-11(9)13(18)16(12)10-6-2-1-4-8(10)14(19)20/h1-7H,(H,19,20). The minimum Gasteiger partial charge on any atom is -0.478 e. The van der Waals surface area contributed by atoms with Gasteiger partial charge in [0.05, 0.1) is 16.8 Å². The van der Waals surface area contributed by atoms with E-state index in [9.17, 15) is 14.4 Å². The molecule has 0 saturated heterocycles. The van der Waals surface area contributed by atoms with Crippen LogP contribution in [0.4, 0.5) is 5.69 Å². The first-order valence-electron chi connectivity index (χ1n) is 5.77. The predicted molar refractivity (Wildman–Crippen MR) is 68.8 cm³/mol. The molecular formula is C14H8N2O4. The first-order chi connectivity index (χ1) is 9.61. The third kappa shape index (κ3) is 1.58. The second-order valence-electron chi connectivity index (χ2n) is 4.17. The van der Waals surface area contributed by atoms with E-state index < -0.39 is 17.8 Å². The summed E-state index contributed by atoms with van der Waals surface area (Å²) in [7, 11) is 0. The molecule has 0 fully saturated rings. The normalized spacial score (nSPS) is 13.5. The molecule has 1 aliphatic rings. The van der Waals surface area contributed by atoms with Gasteiger partial charge in [0.2, 0.25) is 0 Å². The Morgan fingerprint density at radius 1 is 1.05 bits per heavy atom. The highest BCUT2D eigenvalue weighted by Gasteiger charge is 2.39. The maximum Gasteiger partial charge on any atom is 0.337 e. The second kappa shape index (κ2) is 4.27. The van der Waals surface area contributed by atoms with Gasteiger partial charge in [-0.1, -0.05) is 12.1 Å². The summed E-state index contributed by atoms with van der Waals surface area (Å²) < 4.78 is 0. The molecule has 0 atom stereocenters. The number of fused-ring (bicyclic) bond motifs is 1. The Kier molecular flexibility index (Phi) is 2.57. The number of aromatic nitrogens is 1. The summed E-state index contributed by atoms with van der Waals surface area (Å²) in [6.45, 7) is 0. The average molecular weight is 268 g/mol. The number of hydrogen-bond acceptors (Lipinski definition) is 4. The quantitative estimate of drug-likeness (QED) is 0.835. The number of carboxylic acid groups (broad SMARTS) is 1. The third-order valence-electron chi connectivity index (χ3n) is 3.02. The van der Waals surface area contributed by atoms with Gasteiger partial charge in [-0.15, -0.1) is 0 Å². The van der Waals surface area contributed by atoms with Crippen molar-refractivity contribution in [3.63, 3.8) is 0 Å². The Bertz CT molecular complexity index is 719. The van der Waals surface area contributed by atoms with Crippen LogP contribution in [-0.2, 0) is 0 Å². The molecule has 20 heavy (non-hydrogen) atoms. The van der Waals surface area contributed by atoms with Gasteiger partial charge in [-0.2, -0.15) is 0 Å². The second-order valence-corrected chi connectivity index (χ2v) is 4.17. The number of rotatable bonds is 2. The number of para-hydroxylation sites is 1. The number of nitrogens with zero attached hydrogens (tertiary/aromatic N) is 2. The number of hydrogen-bond donors (Lipinski definition) is 1. The summed E-state index contributed by atoms with van der Waals surface area (Å²) in [5.74, 6) is -2.38. The zero-order valence-electron chi connectivity index (χ0n) is 10.1. The van der Waals surface area contributed by atoms with Gasteiger partial charge in [0.1, 0.15) is 5.69 Å². The highest BCUT2D eigenvalue weighted by Crippen LogP contribution is 2.29. The van der Waals surface area contributed by atoms with Crippen LogP contribution in [0.5, 0.6) is 0 Å². The van der Waals surface area contributed by atoms with Crippen molar-refractivity contribution in [2.45, 2.75) is 0 Å². The van der Waals surface area contributed by atoms with E-state index in [0.29, 0.717) is 0 Å². The van der Waals surface area contributed by atoms with Gasteiger partial charge >= 0.3 is 5.97 Å². The average Bonchev–Trinajstić information content (AvgIpc) is 2.71. The van der Waals surface area contributed by atoms with Crippen LogP contribution in [0.2, 0.25) is 0 Å². The van der Waals surface area contributed by atoms with Crippen LogP contribution in [0, 0.1) is 0 Å². The monoisotopic (exact) mass is 268 g/mol. The minimum atomic E-state index is -1.20. The smallest absolute Gasteiger partial charge is 0.337 e. The number of pyridine rings is 1. The van der Waals surface area contributed by atoms with Crippen LogP contribution >= 0.6 is 0 Å². The van der Waals surface area contributed by atoms with Crippen molar-refractivity contribution in [1.82, 2.24) is 4.98 Å². The van der Waals surface area contributed by atoms with Crippen LogP contribution in [0.3, 0.4) is 0 Å². The largest absolute Gasteiger partial charge is 0.478 e. The number of amides is 2. The fourth-order valence-electron chi connectivity index (χ4n) is 2.14. The Morgan fingerprint density at radius 3 is 2.50 bits per heavy atom. The van der Waals surface area contributed by atoms with E-state index in [1.165, 1.54) is 30.5 Å². The number of carbonyl (C=O) groups excluding carboxylic acids is 2. The van der Waals surface area contributed by atoms with Crippen molar-refractivity contribution < 1.29 is 19.5 Å². The molecule has 6 nitrogen and oxygen atoms in total. The predicted octanol–water partition coefficient (Wildman–Crippen LogP) is 1.58. The lowest BCUT2D eigenvalue weighted by Gasteiger charge is -2.15. The summed E-state index contributed by atoms with van der Waals surface area (Å²) in [6.07, 6.45) is 1.41. The molecule has 2 amide bonds. The van der Waals surface area contributed by atoms with E-state index in [1.807, 2.05) is 0 Å². The third-order valence-corrected chi connectivity index (χ3v) is 3.02. The highest BCUT2D eigenvalue weighted by atomic mass is 16.4. The SMILES string of the molecule is O=C(O)c1ccccc1N1C(=O)c2cccnc2C1=O. The molecule has 6 heteroatoms. The number of carboxylic acids is 1. The number of imide groups is 1. The first kappa shape index (κ1) is 12.0. The Morgan fingerprint density at radius 2 is 1.80 bits per heavy atom. The summed E-state index contributed by atoms with van der Waals surface area (Å²) in [6, 6.07) is 8.91. The molecule has 2 heterocycles. The van der Waals surface area contributed by atoms with E-state index in [2.05, 4.69) is 4.98 Å². The topological polar surface area (TPSA) is 87.6 Å². The molecule has 0 spiro atoms. The molecule has 3 rings (SSSR count). The maximum absolute atomic E-state index is 12.3. The molecule has 1 N–H and O–H groups in total. The summed E-state index contributed by atoms with van der Waals surface area (Å²) in [5.41, 5.74) is 0.158. The van der Waals surface area contributed by atoms with Gasteiger partial charge in [-0.3, -0.25) is 14.6 Å². The number of aromatic carboxylic acids is 1. The fourth-order valence-corrected chi connectivity index (χ4v) is 2.14. The van der Waals surface area contributed by atoms with Gasteiger partial charge in [0.25, 0.3) is 11.8 Å². The highest BCUT2D eigenvalue weighted by molar-refractivity contribution is 6.34. The molecule has 0 saturated carbocycles. The van der Waals surface area contributed by atoms with Crippen molar-refractivity contribution >= 4 is 23.5 Å². The fraction of sp³-hybridized carbons (Fsp3) is 0. The van der Waals surface area contributed by atoms with Crippen LogP contribution < -0.4 is 4.90 Å². The molecule has 1 aromatic carbocycles. The lowest BCUT2D eigenvalue weighted by Crippen LogP contribution is -2.31. The van der Waals surface area contributed by atoms with E-state index in [-0.39, 0.29) is 22.5 Å². The van der Waals surface area contributed by atoms with Crippen molar-refractivity contribution in [3.05, 3.63) is 59.4 Å². The zero-order valence-corrected chi connectivity index (χ0v) is 10.1. The van der Waals surface area contributed by atoms with Crippen LogP contribution in [-0.4, -0.2) is 27.9 Å². The van der Waals surface area contributed by atoms with Crippen molar-refractivity contribution in [3.8, 4) is 0 Å². The van der Waals surface area contributed by atoms with E-state index >= 15 is 0 Å². The lowest BCUT2D eigenvalue weighted by molar-refractivity contribution is 0.0698. The van der Waals surface area contributed by atoms with Gasteiger partial charge in [0, 0.05) is 6.20 Å². The maximum atomic E-state index is 12.3. The van der Waals surface area contributed by atoms with Crippen molar-refractivity contribution in [2.75, 3.05) is 4.90 Å². The number of anilines is 1. The Labute approximate surface area is 113 Å². The zero-order chi connectivity index (χ0) is 14.3. The molecular weight excluding hydrogens is 260 g/mol. The molecule has 0 unspecified atom stereocenters. The molecule has 98 valence electrons. The van der Waals surface area contributed by atoms with E-state index in [0.717, 1.165) is 4.90 Å². The van der Waals surface area contributed by atoms with Gasteiger partial charge < -0.3 is 5.11 Å². The minimum absolute atomic E-state index is 0.0395. The Hall–Kier alpha value is -3.02. The molecule has 1 aromatic heterocycles. The summed E-state index contributed by atoms with van der Waals surface area (Å²) >= 11 is 0.